The largest absolute Gasteiger partial charge is 0.193 e. The Morgan fingerprint density at radius 1 is 0.500 bits per heavy atom. The maximum absolute atomic E-state index is 4.23. The monoisotopic (exact) mass is 470 g/mol. The van der Waals surface area contributed by atoms with E-state index in [-0.39, 0.29) is 0 Å². The third kappa shape index (κ3) is 3.84. The van der Waals surface area contributed by atoms with Crippen LogP contribution in [0.2, 0.25) is 0 Å². The molecule has 0 aliphatic heterocycles. The first-order chi connectivity index (χ1) is 17.7. The van der Waals surface area contributed by atoms with Crippen LogP contribution in [-0.2, 0) is 0 Å². The van der Waals surface area contributed by atoms with E-state index in [2.05, 4.69) is 69.2 Å². The van der Waals surface area contributed by atoms with Crippen molar-refractivity contribution < 1.29 is 0 Å². The van der Waals surface area contributed by atoms with Gasteiger partial charge in [0.1, 0.15) is 0 Å². The lowest BCUT2D eigenvalue weighted by Gasteiger charge is -2.14. The van der Waals surface area contributed by atoms with Gasteiger partial charge < -0.3 is 0 Å². The molecule has 8 nitrogen and oxygen atoms in total. The lowest BCUT2D eigenvalue weighted by molar-refractivity contribution is 0.790. The second-order valence-electron chi connectivity index (χ2n) is 8.56. The fraction of sp³-hybridized carbons (Fsp3) is 0.0714. The predicted octanol–water partition coefficient (Wildman–Crippen LogP) is 5.26. The fourth-order valence-corrected chi connectivity index (χ4v) is 4.42. The number of hydrogen-bond donors (Lipinski definition) is 0. The Balaban J connectivity index is 1.34. The van der Waals surface area contributed by atoms with Gasteiger partial charge in [0.2, 0.25) is 0 Å². The quantitative estimate of drug-likeness (QED) is 0.342. The number of benzene rings is 4. The molecule has 6 aromatic rings. The molecule has 0 unspecified atom stereocenters. The summed E-state index contributed by atoms with van der Waals surface area (Å²) in [5.74, 6) is 1.41. The molecule has 0 spiro atoms. The summed E-state index contributed by atoms with van der Waals surface area (Å²) >= 11 is 0. The second-order valence-corrected chi connectivity index (χ2v) is 8.56. The van der Waals surface area contributed by atoms with Crippen molar-refractivity contribution in [1.82, 2.24) is 40.4 Å². The van der Waals surface area contributed by atoms with Gasteiger partial charge in [-0.1, -0.05) is 72.8 Å². The molecule has 0 radical (unpaired) electrons. The Morgan fingerprint density at radius 3 is 1.31 bits per heavy atom. The number of nitrogens with zero attached hydrogens (tertiary/aromatic N) is 8. The van der Waals surface area contributed by atoms with Crippen LogP contribution in [0.1, 0.15) is 11.1 Å². The van der Waals surface area contributed by atoms with Crippen LogP contribution in [0.15, 0.2) is 97.1 Å². The first kappa shape index (κ1) is 21.5. The van der Waals surface area contributed by atoms with Crippen molar-refractivity contribution in [3.8, 4) is 45.3 Å². The van der Waals surface area contributed by atoms with Gasteiger partial charge in [-0.25, -0.2) is 0 Å². The van der Waals surface area contributed by atoms with Crippen LogP contribution in [0.3, 0.4) is 0 Å². The molecule has 2 heterocycles. The molecule has 0 aliphatic carbocycles. The Labute approximate surface area is 207 Å². The van der Waals surface area contributed by atoms with E-state index in [9.17, 15) is 0 Å². The van der Waals surface area contributed by atoms with E-state index in [4.69, 9.17) is 0 Å². The highest BCUT2D eigenvalue weighted by atomic mass is 15.5. The smallest absolute Gasteiger partial charge is 0.187 e. The van der Waals surface area contributed by atoms with Crippen molar-refractivity contribution in [2.75, 3.05) is 0 Å². The summed E-state index contributed by atoms with van der Waals surface area (Å²) < 4.78 is 3.54. The number of tetrazole rings is 2. The number of aryl methyl sites for hydroxylation is 2. The first-order valence-corrected chi connectivity index (χ1v) is 11.6. The number of aromatic nitrogens is 8. The zero-order valence-electron chi connectivity index (χ0n) is 19.8. The minimum absolute atomic E-state index is 0.707. The fourth-order valence-electron chi connectivity index (χ4n) is 4.42. The lowest BCUT2D eigenvalue weighted by atomic mass is 9.95. The van der Waals surface area contributed by atoms with Crippen molar-refractivity contribution in [2.24, 2.45) is 0 Å². The third-order valence-electron chi connectivity index (χ3n) is 6.20. The molecular weight excluding hydrogens is 448 g/mol. The van der Waals surface area contributed by atoms with Crippen LogP contribution in [0.25, 0.3) is 45.3 Å². The average molecular weight is 471 g/mol. The van der Waals surface area contributed by atoms with E-state index in [0.717, 1.165) is 44.8 Å². The average Bonchev–Trinajstić information content (AvgIpc) is 3.60. The standard InChI is InChI=1S/C28H22N8/c1-19-17-23(35-27(29-31-33-35)21-9-5-3-6-10-21)13-15-25(19)26-16-14-24(18-20(26)2)36-28(30-32-34-36)22-11-7-4-8-12-22/h3-18H,1-2H3. The highest BCUT2D eigenvalue weighted by Crippen LogP contribution is 2.31. The molecular formula is C28H22N8. The van der Waals surface area contributed by atoms with Crippen LogP contribution in [0.4, 0.5) is 0 Å². The molecule has 36 heavy (non-hydrogen) atoms. The summed E-state index contributed by atoms with van der Waals surface area (Å²) in [6.07, 6.45) is 0. The van der Waals surface area contributed by atoms with E-state index in [1.54, 1.807) is 9.36 Å². The van der Waals surface area contributed by atoms with Crippen molar-refractivity contribution >= 4 is 0 Å². The Morgan fingerprint density at radius 2 is 0.917 bits per heavy atom. The van der Waals surface area contributed by atoms with Crippen molar-refractivity contribution in [1.29, 1.82) is 0 Å². The van der Waals surface area contributed by atoms with Crippen LogP contribution >= 0.6 is 0 Å². The molecule has 2 aromatic heterocycles. The highest BCUT2D eigenvalue weighted by Gasteiger charge is 2.15. The molecule has 0 aliphatic rings. The van der Waals surface area contributed by atoms with Gasteiger partial charge in [-0.05, 0) is 81.2 Å². The zero-order valence-corrected chi connectivity index (χ0v) is 19.8. The molecule has 174 valence electrons. The van der Waals surface area contributed by atoms with Gasteiger partial charge in [-0.3, -0.25) is 0 Å². The van der Waals surface area contributed by atoms with Gasteiger partial charge in [-0.15, -0.1) is 10.2 Å². The Hall–Kier alpha value is -4.98. The molecule has 8 heteroatoms. The van der Waals surface area contributed by atoms with Crippen molar-refractivity contribution in [3.63, 3.8) is 0 Å². The van der Waals surface area contributed by atoms with Crippen molar-refractivity contribution in [2.45, 2.75) is 13.8 Å². The molecule has 0 fully saturated rings. The third-order valence-corrected chi connectivity index (χ3v) is 6.20. The summed E-state index contributed by atoms with van der Waals surface area (Å²) in [7, 11) is 0. The highest BCUT2D eigenvalue weighted by molar-refractivity contribution is 5.73. The van der Waals surface area contributed by atoms with Gasteiger partial charge in [0.05, 0.1) is 11.4 Å². The van der Waals surface area contributed by atoms with E-state index in [1.165, 1.54) is 0 Å². The maximum Gasteiger partial charge on any atom is 0.187 e. The molecule has 0 bridgehead atoms. The molecule has 0 amide bonds. The molecule has 0 saturated carbocycles. The topological polar surface area (TPSA) is 87.2 Å². The van der Waals surface area contributed by atoms with E-state index >= 15 is 0 Å². The van der Waals surface area contributed by atoms with Crippen LogP contribution < -0.4 is 0 Å². The number of hydrogen-bond acceptors (Lipinski definition) is 6. The normalized spacial score (nSPS) is 11.1. The summed E-state index contributed by atoms with van der Waals surface area (Å²) in [5, 5.41) is 24.7. The van der Waals surface area contributed by atoms with Gasteiger partial charge in [0.15, 0.2) is 11.6 Å². The number of rotatable bonds is 5. The molecule has 0 atom stereocenters. The van der Waals surface area contributed by atoms with E-state index in [1.807, 2.05) is 72.8 Å². The SMILES string of the molecule is Cc1cc(-n2nnnc2-c2ccccc2)ccc1-c1ccc(-n2nnnc2-c2ccccc2)cc1C. The summed E-state index contributed by atoms with van der Waals surface area (Å²) in [4.78, 5) is 0. The second kappa shape index (κ2) is 8.99. The van der Waals surface area contributed by atoms with Gasteiger partial charge in [0, 0.05) is 11.1 Å². The summed E-state index contributed by atoms with van der Waals surface area (Å²) in [6.45, 7) is 4.21. The Kier molecular flexibility index (Phi) is 5.38. The van der Waals surface area contributed by atoms with Gasteiger partial charge in [-0.2, -0.15) is 9.36 Å². The van der Waals surface area contributed by atoms with Gasteiger partial charge in [0.25, 0.3) is 0 Å². The van der Waals surface area contributed by atoms with Crippen LogP contribution in [0, 0.1) is 13.8 Å². The lowest BCUT2D eigenvalue weighted by Crippen LogP contribution is -2.02. The maximum atomic E-state index is 4.23. The Bertz CT molecular complexity index is 1530. The van der Waals surface area contributed by atoms with Crippen LogP contribution in [0.5, 0.6) is 0 Å². The minimum atomic E-state index is 0.707. The molecule has 6 rings (SSSR count). The first-order valence-electron chi connectivity index (χ1n) is 11.6. The van der Waals surface area contributed by atoms with E-state index < -0.39 is 0 Å². The minimum Gasteiger partial charge on any atom is -0.193 e. The van der Waals surface area contributed by atoms with E-state index in [0.29, 0.717) is 11.6 Å². The van der Waals surface area contributed by atoms with Gasteiger partial charge >= 0.3 is 0 Å². The van der Waals surface area contributed by atoms with Crippen molar-refractivity contribution in [3.05, 3.63) is 108 Å². The molecule has 4 aromatic carbocycles. The van der Waals surface area contributed by atoms with Crippen LogP contribution in [-0.4, -0.2) is 40.4 Å². The zero-order chi connectivity index (χ0) is 24.5. The summed E-state index contributed by atoms with van der Waals surface area (Å²) in [5.41, 5.74) is 8.32. The molecule has 0 N–H and O–H groups in total. The summed E-state index contributed by atoms with van der Waals surface area (Å²) in [6, 6.07) is 32.4. The molecule has 0 saturated heterocycles. The predicted molar refractivity (Wildman–Crippen MR) is 138 cm³/mol.